The minimum absolute atomic E-state index is 0.139. The van der Waals surface area contributed by atoms with Gasteiger partial charge in [-0.05, 0) is 49.7 Å². The first-order valence-corrected chi connectivity index (χ1v) is 7.21. The van der Waals surface area contributed by atoms with Crippen LogP contribution in [0.3, 0.4) is 0 Å². The number of hydrogen-bond donors (Lipinski definition) is 1. The molecular formula is C16H26N2O. The molecule has 2 rings (SSSR count). The summed E-state index contributed by atoms with van der Waals surface area (Å²) in [5.74, 6) is 0. The summed E-state index contributed by atoms with van der Waals surface area (Å²) >= 11 is 0. The fraction of sp³-hybridized carbons (Fsp3) is 0.688. The summed E-state index contributed by atoms with van der Waals surface area (Å²) in [6.07, 6.45) is 6.31. The van der Waals surface area contributed by atoms with E-state index in [1.807, 2.05) is 12.3 Å². The van der Waals surface area contributed by atoms with Crippen molar-refractivity contribution in [2.75, 3.05) is 6.54 Å². The predicted octanol–water partition coefficient (Wildman–Crippen LogP) is 3.20. The second kappa shape index (κ2) is 5.59. The Balaban J connectivity index is 1.99. The molecule has 0 radical (unpaired) electrons. The fourth-order valence-corrected chi connectivity index (χ4v) is 2.68. The highest BCUT2D eigenvalue weighted by atomic mass is 16.5. The third-order valence-corrected chi connectivity index (χ3v) is 4.52. The van der Waals surface area contributed by atoms with Gasteiger partial charge in [0.25, 0.3) is 0 Å². The van der Waals surface area contributed by atoms with Crippen LogP contribution in [0.15, 0.2) is 18.3 Å². The van der Waals surface area contributed by atoms with Crippen molar-refractivity contribution in [2.24, 2.45) is 11.1 Å². The first-order valence-electron chi connectivity index (χ1n) is 7.21. The average molecular weight is 262 g/mol. The van der Waals surface area contributed by atoms with Crippen molar-refractivity contribution < 1.29 is 4.74 Å². The van der Waals surface area contributed by atoms with Crippen molar-refractivity contribution in [1.29, 1.82) is 0 Å². The molecule has 0 spiro atoms. The zero-order valence-electron chi connectivity index (χ0n) is 12.4. The molecule has 0 amide bonds. The van der Waals surface area contributed by atoms with Crippen LogP contribution in [-0.4, -0.2) is 17.1 Å². The molecule has 1 fully saturated rings. The molecule has 1 aromatic heterocycles. The minimum Gasteiger partial charge on any atom is -0.367 e. The maximum Gasteiger partial charge on any atom is 0.0898 e. The summed E-state index contributed by atoms with van der Waals surface area (Å²) in [6, 6.07) is 4.03. The SMILES string of the molecule is Cc1cccnc1COC1(CN)CCC(C)(C)CC1. The summed E-state index contributed by atoms with van der Waals surface area (Å²) in [5, 5.41) is 0. The topological polar surface area (TPSA) is 48.1 Å². The summed E-state index contributed by atoms with van der Waals surface area (Å²) in [7, 11) is 0. The van der Waals surface area contributed by atoms with Gasteiger partial charge in [-0.3, -0.25) is 4.98 Å². The van der Waals surface area contributed by atoms with Crippen LogP contribution in [0.5, 0.6) is 0 Å². The van der Waals surface area contributed by atoms with Crippen LogP contribution in [0.2, 0.25) is 0 Å². The number of aromatic nitrogens is 1. The van der Waals surface area contributed by atoms with Crippen molar-refractivity contribution >= 4 is 0 Å². The van der Waals surface area contributed by atoms with Crippen LogP contribution < -0.4 is 5.73 Å². The molecule has 0 aromatic carbocycles. The van der Waals surface area contributed by atoms with E-state index in [1.54, 1.807) is 0 Å². The molecule has 0 aliphatic heterocycles. The minimum atomic E-state index is -0.139. The van der Waals surface area contributed by atoms with Crippen molar-refractivity contribution in [3.8, 4) is 0 Å². The highest BCUT2D eigenvalue weighted by molar-refractivity contribution is 5.16. The Morgan fingerprint density at radius 1 is 1.26 bits per heavy atom. The fourth-order valence-electron chi connectivity index (χ4n) is 2.68. The van der Waals surface area contributed by atoms with Crippen LogP contribution >= 0.6 is 0 Å². The Hall–Kier alpha value is -0.930. The van der Waals surface area contributed by atoms with E-state index in [4.69, 9.17) is 10.5 Å². The summed E-state index contributed by atoms with van der Waals surface area (Å²) in [4.78, 5) is 4.39. The Kier molecular flexibility index (Phi) is 4.26. The lowest BCUT2D eigenvalue weighted by Crippen LogP contribution is -2.45. The highest BCUT2D eigenvalue weighted by Crippen LogP contribution is 2.41. The molecule has 2 N–H and O–H groups in total. The van der Waals surface area contributed by atoms with Gasteiger partial charge in [-0.25, -0.2) is 0 Å². The van der Waals surface area contributed by atoms with E-state index in [0.29, 0.717) is 18.6 Å². The van der Waals surface area contributed by atoms with Gasteiger partial charge in [-0.15, -0.1) is 0 Å². The number of nitrogens with two attached hydrogens (primary N) is 1. The van der Waals surface area contributed by atoms with Crippen LogP contribution in [-0.2, 0) is 11.3 Å². The Bertz CT molecular complexity index is 419. The smallest absolute Gasteiger partial charge is 0.0898 e. The average Bonchev–Trinajstić information content (AvgIpc) is 2.40. The van der Waals surface area contributed by atoms with Crippen molar-refractivity contribution in [2.45, 2.75) is 58.7 Å². The molecule has 1 aliphatic rings. The summed E-state index contributed by atoms with van der Waals surface area (Å²) in [5.41, 5.74) is 8.49. The van der Waals surface area contributed by atoms with E-state index in [2.05, 4.69) is 31.8 Å². The zero-order chi connectivity index (χ0) is 13.9. The third kappa shape index (κ3) is 3.54. The maximum absolute atomic E-state index is 6.19. The van der Waals surface area contributed by atoms with Gasteiger partial charge in [-0.1, -0.05) is 19.9 Å². The van der Waals surface area contributed by atoms with Gasteiger partial charge >= 0.3 is 0 Å². The number of nitrogens with zero attached hydrogens (tertiary/aromatic N) is 1. The van der Waals surface area contributed by atoms with Gasteiger partial charge in [0.2, 0.25) is 0 Å². The molecule has 0 saturated heterocycles. The molecule has 1 aliphatic carbocycles. The maximum atomic E-state index is 6.19. The van der Waals surface area contributed by atoms with E-state index in [-0.39, 0.29) is 5.60 Å². The summed E-state index contributed by atoms with van der Waals surface area (Å²) < 4.78 is 6.19. The molecule has 1 heterocycles. The third-order valence-electron chi connectivity index (χ3n) is 4.52. The van der Waals surface area contributed by atoms with Crippen molar-refractivity contribution in [1.82, 2.24) is 4.98 Å². The molecule has 3 heteroatoms. The Morgan fingerprint density at radius 2 is 1.95 bits per heavy atom. The molecule has 3 nitrogen and oxygen atoms in total. The van der Waals surface area contributed by atoms with E-state index < -0.39 is 0 Å². The molecule has 0 bridgehead atoms. The standard InChI is InChI=1S/C16H26N2O/c1-13-5-4-10-18-14(13)11-19-16(12-17)8-6-15(2,3)7-9-16/h4-5,10H,6-9,11-12,17H2,1-3H3. The molecule has 1 saturated carbocycles. The number of hydrogen-bond acceptors (Lipinski definition) is 3. The molecule has 0 unspecified atom stereocenters. The van der Waals surface area contributed by atoms with Gasteiger partial charge in [0, 0.05) is 12.7 Å². The first kappa shape index (κ1) is 14.5. The highest BCUT2D eigenvalue weighted by Gasteiger charge is 2.38. The number of aryl methyl sites for hydroxylation is 1. The summed E-state index contributed by atoms with van der Waals surface area (Å²) in [6.45, 7) is 7.91. The van der Waals surface area contributed by atoms with Crippen LogP contribution in [0.25, 0.3) is 0 Å². The molecule has 19 heavy (non-hydrogen) atoms. The van der Waals surface area contributed by atoms with Gasteiger partial charge in [0.15, 0.2) is 0 Å². The van der Waals surface area contributed by atoms with Crippen LogP contribution in [0.1, 0.15) is 50.8 Å². The number of pyridine rings is 1. The van der Waals surface area contributed by atoms with Gasteiger partial charge in [0.05, 0.1) is 17.9 Å². The van der Waals surface area contributed by atoms with Gasteiger partial charge < -0.3 is 10.5 Å². The van der Waals surface area contributed by atoms with Crippen molar-refractivity contribution in [3.05, 3.63) is 29.6 Å². The van der Waals surface area contributed by atoms with Gasteiger partial charge in [-0.2, -0.15) is 0 Å². The second-order valence-electron chi connectivity index (χ2n) is 6.61. The monoisotopic (exact) mass is 262 g/mol. The molecule has 0 atom stereocenters. The Labute approximate surface area is 116 Å². The van der Waals surface area contributed by atoms with Gasteiger partial charge in [0.1, 0.15) is 0 Å². The van der Waals surface area contributed by atoms with Crippen LogP contribution in [0.4, 0.5) is 0 Å². The Morgan fingerprint density at radius 3 is 2.53 bits per heavy atom. The molecule has 1 aromatic rings. The second-order valence-corrected chi connectivity index (χ2v) is 6.61. The van der Waals surface area contributed by atoms with Crippen molar-refractivity contribution in [3.63, 3.8) is 0 Å². The lowest BCUT2D eigenvalue weighted by molar-refractivity contribution is -0.0914. The number of rotatable bonds is 4. The largest absolute Gasteiger partial charge is 0.367 e. The lowest BCUT2D eigenvalue weighted by atomic mass is 9.71. The number of ether oxygens (including phenoxy) is 1. The normalized spacial score (nSPS) is 21.3. The van der Waals surface area contributed by atoms with E-state index in [9.17, 15) is 0 Å². The van der Waals surface area contributed by atoms with E-state index in [0.717, 1.165) is 18.5 Å². The lowest BCUT2D eigenvalue weighted by Gasteiger charge is -2.42. The van der Waals surface area contributed by atoms with Crippen LogP contribution in [0, 0.1) is 12.3 Å². The predicted molar refractivity (Wildman–Crippen MR) is 77.8 cm³/mol. The molecular weight excluding hydrogens is 236 g/mol. The van der Waals surface area contributed by atoms with E-state index in [1.165, 1.54) is 18.4 Å². The zero-order valence-corrected chi connectivity index (χ0v) is 12.4. The first-order chi connectivity index (χ1) is 8.96. The quantitative estimate of drug-likeness (QED) is 0.906. The van der Waals surface area contributed by atoms with E-state index >= 15 is 0 Å². The molecule has 106 valence electrons.